The highest BCUT2D eigenvalue weighted by molar-refractivity contribution is 7.90. The third-order valence-corrected chi connectivity index (χ3v) is 7.24. The van der Waals surface area contributed by atoms with Crippen LogP contribution in [0.25, 0.3) is 21.5 Å². The van der Waals surface area contributed by atoms with Crippen LogP contribution >= 0.6 is 0 Å². The van der Waals surface area contributed by atoms with Crippen molar-refractivity contribution < 1.29 is 37.0 Å². The van der Waals surface area contributed by atoms with E-state index in [1.807, 2.05) is 6.07 Å². The molecule has 0 unspecified atom stereocenters. The molecule has 9 heteroatoms. The summed E-state index contributed by atoms with van der Waals surface area (Å²) >= 11 is 0. The van der Waals surface area contributed by atoms with Gasteiger partial charge in [-0.3, -0.25) is 0 Å². The van der Waals surface area contributed by atoms with Crippen LogP contribution in [-0.2, 0) is 25.1 Å². The summed E-state index contributed by atoms with van der Waals surface area (Å²) in [5, 5.41) is 2.99. The Labute approximate surface area is 233 Å². The zero-order chi connectivity index (χ0) is 29.3. The molecule has 4 aromatic rings. The Morgan fingerprint density at radius 2 is 1.07 bits per heavy atom. The van der Waals surface area contributed by atoms with Crippen LogP contribution < -0.4 is 9.47 Å². The lowest BCUT2D eigenvalue weighted by Crippen LogP contribution is -2.25. The number of hydrogen-bond acceptors (Lipinski definition) is 8. The maximum Gasteiger partial charge on any atom is 0.514 e. The van der Waals surface area contributed by atoms with Crippen LogP contribution in [0.3, 0.4) is 0 Å². The van der Waals surface area contributed by atoms with Crippen LogP contribution in [0.4, 0.5) is 9.59 Å². The summed E-state index contributed by atoms with van der Waals surface area (Å²) < 4.78 is 47.5. The molecule has 0 N–H and O–H groups in total. The molecule has 0 atom stereocenters. The van der Waals surface area contributed by atoms with E-state index in [0.717, 1.165) is 10.8 Å². The largest absolute Gasteiger partial charge is 0.514 e. The summed E-state index contributed by atoms with van der Waals surface area (Å²) in [6.45, 7) is 10.5. The lowest BCUT2D eigenvalue weighted by molar-refractivity contribution is 0.0193. The smallest absolute Gasteiger partial charge is 0.428 e. The molecule has 4 aromatic carbocycles. The van der Waals surface area contributed by atoms with Crippen LogP contribution in [0.15, 0.2) is 77.7 Å². The highest BCUT2D eigenvalue weighted by Crippen LogP contribution is 2.28. The summed E-state index contributed by atoms with van der Waals surface area (Å²) in [6.07, 6.45) is -1.63. The molecule has 0 radical (unpaired) electrons. The Hall–Kier alpha value is -4.11. The van der Waals surface area contributed by atoms with E-state index in [0.29, 0.717) is 27.8 Å². The Morgan fingerprint density at radius 1 is 0.600 bits per heavy atom. The van der Waals surface area contributed by atoms with E-state index in [1.165, 1.54) is 6.07 Å². The molecule has 8 nitrogen and oxygen atoms in total. The van der Waals surface area contributed by atoms with E-state index in [2.05, 4.69) is 0 Å². The van der Waals surface area contributed by atoms with Gasteiger partial charge in [0, 0.05) is 0 Å². The van der Waals surface area contributed by atoms with Crippen LogP contribution in [0.2, 0.25) is 0 Å². The number of benzene rings is 4. The molecule has 0 saturated carbocycles. The van der Waals surface area contributed by atoms with Gasteiger partial charge in [0.15, 0.2) is 9.84 Å². The molecule has 0 saturated heterocycles. The van der Waals surface area contributed by atoms with Gasteiger partial charge in [-0.25, -0.2) is 18.0 Å². The number of carbonyl (C=O) groups excluding carboxylic acids is 2. The van der Waals surface area contributed by atoms with Gasteiger partial charge in [0.1, 0.15) is 22.7 Å². The van der Waals surface area contributed by atoms with Gasteiger partial charge < -0.3 is 18.9 Å². The van der Waals surface area contributed by atoms with Crippen molar-refractivity contribution in [2.75, 3.05) is 0 Å². The second-order valence-corrected chi connectivity index (χ2v) is 13.4. The van der Waals surface area contributed by atoms with Gasteiger partial charge in [0.2, 0.25) is 0 Å². The number of carbonyl (C=O) groups is 2. The second kappa shape index (κ2) is 10.8. The number of fused-ring (bicyclic) bond motifs is 2. The topological polar surface area (TPSA) is 105 Å². The second-order valence-electron chi connectivity index (χ2n) is 11.4. The van der Waals surface area contributed by atoms with Crippen LogP contribution in [0, 0.1) is 0 Å². The molecule has 0 aromatic heterocycles. The van der Waals surface area contributed by atoms with Gasteiger partial charge in [-0.1, -0.05) is 30.3 Å². The fourth-order valence-electron chi connectivity index (χ4n) is 3.92. The lowest BCUT2D eigenvalue weighted by Gasteiger charge is -2.18. The van der Waals surface area contributed by atoms with E-state index >= 15 is 0 Å². The standard InChI is InChI=1S/C31H32O8S/c1-30(2,3)38-28(32)36-25-13-10-23-18-27(14-11-22(23)16-25)40(34,35)19-20-7-8-21-9-12-26(17-24(21)15-20)37-29(33)39-31(4,5)6/h7-18H,19H2,1-6H3. The van der Waals surface area contributed by atoms with Crippen molar-refractivity contribution in [2.24, 2.45) is 0 Å². The molecule has 0 bridgehead atoms. The summed E-state index contributed by atoms with van der Waals surface area (Å²) in [5.74, 6) is 0.376. The molecule has 210 valence electrons. The first-order chi connectivity index (χ1) is 18.6. The monoisotopic (exact) mass is 564 g/mol. The van der Waals surface area contributed by atoms with Gasteiger partial charge in [-0.2, -0.15) is 0 Å². The van der Waals surface area contributed by atoms with E-state index in [9.17, 15) is 18.0 Å². The van der Waals surface area contributed by atoms with Crippen LogP contribution in [0.1, 0.15) is 47.1 Å². The summed E-state index contributed by atoms with van der Waals surface area (Å²) in [7, 11) is -3.68. The molecule has 0 aliphatic carbocycles. The van der Waals surface area contributed by atoms with Crippen molar-refractivity contribution in [1.29, 1.82) is 0 Å². The minimum Gasteiger partial charge on any atom is -0.428 e. The van der Waals surface area contributed by atoms with Crippen LogP contribution in [-0.4, -0.2) is 31.9 Å². The average Bonchev–Trinajstić information content (AvgIpc) is 2.80. The highest BCUT2D eigenvalue weighted by Gasteiger charge is 2.20. The Bertz CT molecular complexity index is 1690. The summed E-state index contributed by atoms with van der Waals surface area (Å²) in [6, 6.07) is 20.2. The van der Waals surface area contributed by atoms with Gasteiger partial charge in [0.25, 0.3) is 0 Å². The number of rotatable bonds is 5. The van der Waals surface area contributed by atoms with Crippen molar-refractivity contribution in [3.8, 4) is 11.5 Å². The molecule has 0 aliphatic heterocycles. The summed E-state index contributed by atoms with van der Waals surface area (Å²) in [5.41, 5.74) is -0.782. The van der Waals surface area contributed by atoms with Crippen molar-refractivity contribution in [2.45, 2.75) is 63.4 Å². The number of hydrogen-bond donors (Lipinski definition) is 0. The van der Waals surface area contributed by atoms with Crippen molar-refractivity contribution in [3.63, 3.8) is 0 Å². The quantitative estimate of drug-likeness (QED) is 0.180. The van der Waals surface area contributed by atoms with Crippen molar-refractivity contribution >= 4 is 43.7 Å². The first kappa shape index (κ1) is 28.9. The molecule has 0 fully saturated rings. The number of sulfone groups is 1. The van der Waals surface area contributed by atoms with Gasteiger partial charge in [0.05, 0.1) is 10.6 Å². The fourth-order valence-corrected chi connectivity index (χ4v) is 5.29. The van der Waals surface area contributed by atoms with Gasteiger partial charge in [-0.15, -0.1) is 0 Å². The zero-order valence-electron chi connectivity index (χ0n) is 23.3. The van der Waals surface area contributed by atoms with E-state index < -0.39 is 33.4 Å². The average molecular weight is 565 g/mol. The number of ether oxygens (including phenoxy) is 4. The first-order valence-corrected chi connectivity index (χ1v) is 14.3. The van der Waals surface area contributed by atoms with E-state index in [4.69, 9.17) is 18.9 Å². The zero-order valence-corrected chi connectivity index (χ0v) is 24.1. The molecule has 0 amide bonds. The SMILES string of the molecule is CC(C)(C)OC(=O)Oc1ccc2cc(S(=O)(=O)Cc3ccc4ccc(OC(=O)OC(C)(C)C)cc4c3)ccc2c1. The van der Waals surface area contributed by atoms with Crippen LogP contribution in [0.5, 0.6) is 11.5 Å². The van der Waals surface area contributed by atoms with Crippen molar-refractivity contribution in [1.82, 2.24) is 0 Å². The minimum atomic E-state index is -3.68. The first-order valence-electron chi connectivity index (χ1n) is 12.7. The normalized spacial score (nSPS) is 12.2. The third kappa shape index (κ3) is 7.72. The predicted molar refractivity (Wildman–Crippen MR) is 153 cm³/mol. The Balaban J connectivity index is 1.51. The molecule has 0 aliphatic rings. The molecule has 0 heterocycles. The summed E-state index contributed by atoms with van der Waals surface area (Å²) in [4.78, 5) is 24.2. The molecule has 4 rings (SSSR count). The maximum atomic E-state index is 13.3. The fraction of sp³-hybridized carbons (Fsp3) is 0.290. The Kier molecular flexibility index (Phi) is 7.81. The molecular weight excluding hydrogens is 532 g/mol. The van der Waals surface area contributed by atoms with Gasteiger partial charge >= 0.3 is 12.3 Å². The lowest BCUT2D eigenvalue weighted by atomic mass is 10.1. The maximum absolute atomic E-state index is 13.3. The van der Waals surface area contributed by atoms with E-state index in [1.54, 1.807) is 102 Å². The third-order valence-electron chi connectivity index (χ3n) is 5.56. The highest BCUT2D eigenvalue weighted by atomic mass is 32.2. The van der Waals surface area contributed by atoms with E-state index in [-0.39, 0.29) is 10.6 Å². The van der Waals surface area contributed by atoms with Crippen molar-refractivity contribution in [3.05, 3.63) is 78.4 Å². The predicted octanol–water partition coefficient (Wildman–Crippen LogP) is 7.59. The molecule has 40 heavy (non-hydrogen) atoms. The Morgan fingerprint density at radius 3 is 1.65 bits per heavy atom. The van der Waals surface area contributed by atoms with Gasteiger partial charge in [-0.05, 0) is 111 Å². The molecule has 0 spiro atoms. The minimum absolute atomic E-state index is 0.169. The molecular formula is C31H32O8S.